The topological polar surface area (TPSA) is 69.6 Å². The largest absolute Gasteiger partial charge is 0.417 e. The number of nitrogens with zero attached hydrogens (tertiary/aromatic N) is 3. The number of halogens is 6. The number of rotatable bonds is 5. The van der Waals surface area contributed by atoms with E-state index < -0.39 is 17.1 Å². The van der Waals surface area contributed by atoms with E-state index in [0.717, 1.165) is 35.4 Å². The third-order valence-corrected chi connectivity index (χ3v) is 7.13. The average Bonchev–Trinajstić information content (AvgIpc) is 2.84. The molecule has 192 valence electrons. The van der Waals surface area contributed by atoms with Crippen LogP contribution in [0, 0.1) is 0 Å². The summed E-state index contributed by atoms with van der Waals surface area (Å²) in [5.41, 5.74) is 1.05. The van der Waals surface area contributed by atoms with E-state index >= 15 is 0 Å². The number of hydrogen-bond donors (Lipinski definition) is 2. The first kappa shape index (κ1) is 27.0. The van der Waals surface area contributed by atoms with Gasteiger partial charge in [0.2, 0.25) is 5.91 Å². The van der Waals surface area contributed by atoms with E-state index in [1.54, 1.807) is 24.4 Å². The molecular formula is C24H23Cl2F3IN5O. The van der Waals surface area contributed by atoms with Crippen molar-refractivity contribution in [3.05, 3.63) is 76.1 Å². The number of amides is 1. The van der Waals surface area contributed by atoms with Gasteiger partial charge in [0, 0.05) is 41.2 Å². The van der Waals surface area contributed by atoms with Crippen LogP contribution >= 0.6 is 45.8 Å². The van der Waals surface area contributed by atoms with Crippen LogP contribution in [0.1, 0.15) is 30.5 Å². The molecule has 1 aromatic rings. The summed E-state index contributed by atoms with van der Waals surface area (Å²) in [6.45, 7) is 1.40. The first-order valence-electron chi connectivity index (χ1n) is 11.3. The Hall–Kier alpha value is -2.05. The van der Waals surface area contributed by atoms with Gasteiger partial charge in [-0.15, -0.1) is 11.6 Å². The first-order chi connectivity index (χ1) is 17.2. The summed E-state index contributed by atoms with van der Waals surface area (Å²) in [5, 5.41) is 6.38. The van der Waals surface area contributed by atoms with E-state index in [9.17, 15) is 18.0 Å². The number of aromatic nitrogens is 1. The average molecular weight is 652 g/mol. The lowest BCUT2D eigenvalue weighted by Crippen LogP contribution is -2.47. The number of likely N-dealkylation sites (tertiary alicyclic amines) is 1. The molecule has 1 atom stereocenters. The van der Waals surface area contributed by atoms with Crippen LogP contribution in [0.3, 0.4) is 0 Å². The summed E-state index contributed by atoms with van der Waals surface area (Å²) >= 11 is 14.8. The molecule has 6 nitrogen and oxygen atoms in total. The molecule has 4 rings (SSSR count). The van der Waals surface area contributed by atoms with Gasteiger partial charge in [-0.1, -0.05) is 40.3 Å². The van der Waals surface area contributed by atoms with Crippen LogP contribution in [0.2, 0.25) is 0 Å². The molecule has 1 unspecified atom stereocenters. The Morgan fingerprint density at radius 3 is 2.61 bits per heavy atom. The number of piperidine rings is 1. The zero-order valence-electron chi connectivity index (χ0n) is 19.0. The summed E-state index contributed by atoms with van der Waals surface area (Å²) < 4.78 is 39.9. The number of hydrogen-bond acceptors (Lipinski definition) is 5. The predicted molar refractivity (Wildman–Crippen MR) is 143 cm³/mol. The van der Waals surface area contributed by atoms with E-state index in [4.69, 9.17) is 23.2 Å². The van der Waals surface area contributed by atoms with E-state index in [2.05, 4.69) is 48.1 Å². The van der Waals surface area contributed by atoms with Crippen LogP contribution in [0.15, 0.2) is 69.9 Å². The molecule has 2 N–H and O–H groups in total. The van der Waals surface area contributed by atoms with Crippen molar-refractivity contribution in [3.63, 3.8) is 0 Å². The van der Waals surface area contributed by atoms with E-state index in [1.807, 2.05) is 0 Å². The highest BCUT2D eigenvalue weighted by Crippen LogP contribution is 2.31. The third kappa shape index (κ3) is 6.44. The molecule has 3 heterocycles. The molecule has 2 aliphatic heterocycles. The van der Waals surface area contributed by atoms with Crippen molar-refractivity contribution in [3.8, 4) is 0 Å². The van der Waals surface area contributed by atoms with Gasteiger partial charge in [0.15, 0.2) is 0 Å². The van der Waals surface area contributed by atoms with E-state index in [1.165, 1.54) is 6.07 Å². The molecule has 0 spiro atoms. The van der Waals surface area contributed by atoms with Crippen molar-refractivity contribution in [2.75, 3.05) is 17.5 Å². The molecule has 1 fully saturated rings. The lowest BCUT2D eigenvalue weighted by atomic mass is 9.99. The van der Waals surface area contributed by atoms with Gasteiger partial charge in [-0.3, -0.25) is 9.78 Å². The highest BCUT2D eigenvalue weighted by molar-refractivity contribution is 14.1. The quantitative estimate of drug-likeness (QED) is 0.337. The number of pyridine rings is 1. The molecule has 0 bridgehead atoms. The normalized spacial score (nSPS) is 23.0. The fourth-order valence-electron chi connectivity index (χ4n) is 4.09. The lowest BCUT2D eigenvalue weighted by Gasteiger charge is -2.37. The summed E-state index contributed by atoms with van der Waals surface area (Å²) in [5.74, 6) is 0.801. The van der Waals surface area contributed by atoms with Crippen molar-refractivity contribution >= 4 is 57.4 Å². The van der Waals surface area contributed by atoms with Crippen LogP contribution in [0.5, 0.6) is 0 Å². The maximum Gasteiger partial charge on any atom is 0.417 e. The Morgan fingerprint density at radius 2 is 2.00 bits per heavy atom. The van der Waals surface area contributed by atoms with Crippen molar-refractivity contribution in [2.24, 2.45) is 4.99 Å². The Balaban J connectivity index is 1.60. The highest BCUT2D eigenvalue weighted by Gasteiger charge is 2.32. The summed E-state index contributed by atoms with van der Waals surface area (Å²) in [4.78, 5) is 22.7. The summed E-state index contributed by atoms with van der Waals surface area (Å²) in [6, 6.07) is 2.40. The van der Waals surface area contributed by atoms with Gasteiger partial charge in [-0.25, -0.2) is 4.99 Å². The van der Waals surface area contributed by atoms with Crippen LogP contribution in [-0.2, 0) is 11.0 Å². The van der Waals surface area contributed by atoms with Crippen molar-refractivity contribution < 1.29 is 18.0 Å². The Morgan fingerprint density at radius 1 is 1.25 bits per heavy atom. The molecule has 1 saturated heterocycles. The van der Waals surface area contributed by atoms with Gasteiger partial charge in [-0.2, -0.15) is 13.2 Å². The number of allylic oxidation sites excluding steroid dienone is 6. The molecule has 3 aliphatic rings. The maximum atomic E-state index is 13.0. The lowest BCUT2D eigenvalue weighted by molar-refractivity contribution is -0.137. The molecule has 36 heavy (non-hydrogen) atoms. The van der Waals surface area contributed by atoms with Gasteiger partial charge in [0.25, 0.3) is 0 Å². The molecular weight excluding hydrogens is 629 g/mol. The maximum absolute atomic E-state index is 13.0. The van der Waals surface area contributed by atoms with Crippen LogP contribution in [-0.4, -0.2) is 50.4 Å². The molecule has 1 amide bonds. The molecule has 0 radical (unpaired) electrons. The van der Waals surface area contributed by atoms with Gasteiger partial charge in [0.1, 0.15) is 11.5 Å². The number of carbonyl (C=O) groups excluding carboxylic acids is 1. The highest BCUT2D eigenvalue weighted by atomic mass is 127. The minimum atomic E-state index is -4.48. The zero-order valence-corrected chi connectivity index (χ0v) is 22.6. The Labute approximate surface area is 230 Å². The number of aliphatic imine (C=N–C) groups is 1. The molecule has 0 aromatic carbocycles. The second-order valence-electron chi connectivity index (χ2n) is 8.43. The fourth-order valence-corrected chi connectivity index (χ4v) is 5.15. The van der Waals surface area contributed by atoms with Crippen molar-refractivity contribution in [1.82, 2.24) is 20.5 Å². The van der Waals surface area contributed by atoms with Crippen LogP contribution < -0.4 is 10.6 Å². The monoisotopic (exact) mass is 651 g/mol. The smallest absolute Gasteiger partial charge is 0.357 e. The third-order valence-electron chi connectivity index (χ3n) is 5.97. The van der Waals surface area contributed by atoms with Gasteiger partial charge < -0.3 is 15.5 Å². The van der Waals surface area contributed by atoms with Crippen molar-refractivity contribution in [2.45, 2.75) is 36.9 Å². The summed E-state index contributed by atoms with van der Waals surface area (Å²) in [6.07, 6.45) is 5.16. The van der Waals surface area contributed by atoms with Crippen LogP contribution in [0.25, 0.3) is 0 Å². The Kier molecular flexibility index (Phi) is 8.67. The molecule has 0 saturated carbocycles. The second kappa shape index (κ2) is 11.6. The van der Waals surface area contributed by atoms with Gasteiger partial charge >= 0.3 is 6.18 Å². The standard InChI is InChI=1S/C24H23Cl2F3IN5O/c25-15-2-3-17(18(26)11-15)22-23(19-4-1-14(12-31-19)24(27,28)29)32-13-20(34-22)35-9-6-16(7-10-35)33-21(36)5-8-30/h1-4,11-13,16,18,34H,5-10H2,(H,33,36). The number of carbonyl (C=O) groups is 1. The fraction of sp³-hybridized carbons (Fsp3) is 0.375. The Bertz CT molecular complexity index is 1150. The summed E-state index contributed by atoms with van der Waals surface area (Å²) in [7, 11) is 0. The van der Waals surface area contributed by atoms with Crippen LogP contribution in [0.4, 0.5) is 13.2 Å². The minimum Gasteiger partial charge on any atom is -0.357 e. The number of nitrogens with one attached hydrogen (secondary N) is 2. The van der Waals surface area contributed by atoms with E-state index in [0.29, 0.717) is 41.5 Å². The zero-order chi connectivity index (χ0) is 25.9. The van der Waals surface area contributed by atoms with Gasteiger partial charge in [0.05, 0.1) is 28.5 Å². The SMILES string of the molecule is O=C(CCI)NC1CCN(C2=CN=C(c3ccc(C(F)(F)F)cn3)C(=C3C=CC(Cl)=CC3Cl)N2)CC1. The molecule has 1 aliphatic carbocycles. The second-order valence-corrected chi connectivity index (χ2v) is 10.4. The first-order valence-corrected chi connectivity index (χ1v) is 13.6. The minimum absolute atomic E-state index is 0.0621. The van der Waals surface area contributed by atoms with Crippen molar-refractivity contribution in [1.29, 1.82) is 0 Å². The predicted octanol–water partition coefficient (Wildman–Crippen LogP) is 5.25. The molecule has 1 aromatic heterocycles. The van der Waals surface area contributed by atoms with Gasteiger partial charge in [-0.05, 0) is 42.7 Å². The van der Waals surface area contributed by atoms with E-state index in [-0.39, 0.29) is 17.6 Å². The molecule has 12 heteroatoms. The number of alkyl halides is 5.